The second-order valence-electron chi connectivity index (χ2n) is 22.3. The molecule has 2 aromatic carbocycles. The van der Waals surface area contributed by atoms with Crippen LogP contribution in [-0.2, 0) is 63.8 Å². The van der Waals surface area contributed by atoms with Crippen molar-refractivity contribution in [2.24, 2.45) is 0 Å². The number of pyridine rings is 1. The summed E-state index contributed by atoms with van der Waals surface area (Å²) in [7, 11) is 1.16. The van der Waals surface area contributed by atoms with Gasteiger partial charge in [-0.05, 0) is 96.7 Å². The fraction of sp³-hybridized carbons (Fsp3) is 0.557. The quantitative estimate of drug-likeness (QED) is 0.0141. The van der Waals surface area contributed by atoms with Crippen molar-refractivity contribution in [2.75, 3.05) is 145 Å². The molecule has 0 bridgehead atoms. The van der Waals surface area contributed by atoms with Crippen molar-refractivity contribution >= 4 is 93.8 Å². The molecule has 27 nitrogen and oxygen atoms in total. The predicted octanol–water partition coefficient (Wildman–Crippen LogP) is 0.371. The third-order valence-electron chi connectivity index (χ3n) is 15.7. The number of aromatic nitrogens is 1. The molecule has 3 aliphatic rings. The van der Waals surface area contributed by atoms with E-state index in [1.807, 2.05) is 34.1 Å². The Balaban J connectivity index is 1.05. The number of alkyl halides is 2. The van der Waals surface area contributed by atoms with Crippen LogP contribution in [0.3, 0.4) is 0 Å². The van der Waals surface area contributed by atoms with Crippen molar-refractivity contribution in [2.45, 2.75) is 75.4 Å². The zero-order chi connectivity index (χ0) is 65.7. The van der Waals surface area contributed by atoms with Crippen molar-refractivity contribution in [3.8, 4) is 18.1 Å². The number of aryl methyl sites for hydroxylation is 1. The van der Waals surface area contributed by atoms with Gasteiger partial charge in [0.15, 0.2) is 0 Å². The van der Waals surface area contributed by atoms with Crippen LogP contribution < -0.4 is 26.0 Å². The largest absolute Gasteiger partial charge is 0.494 e. The highest BCUT2D eigenvalue weighted by Crippen LogP contribution is 2.32. The van der Waals surface area contributed by atoms with Gasteiger partial charge in [0.05, 0.1) is 63.4 Å². The minimum Gasteiger partial charge on any atom is -0.494 e. The van der Waals surface area contributed by atoms with E-state index in [4.69, 9.17) is 25.4 Å². The number of piperazine rings is 1. The number of fused-ring (bicyclic) bond motifs is 1. The van der Waals surface area contributed by atoms with Gasteiger partial charge in [-0.1, -0.05) is 18.1 Å². The first-order chi connectivity index (χ1) is 43.8. The smallest absolute Gasteiger partial charge is 0.317 e. The Kier molecular flexibility index (Phi) is 29.9. The Hall–Kier alpha value is -7.70. The Bertz CT molecular complexity index is 2990. The summed E-state index contributed by atoms with van der Waals surface area (Å²) in [5.74, 6) is -5.76. The number of carbonyl (C=O) groups excluding carboxylic acids is 9. The predicted molar refractivity (Wildman–Crippen MR) is 334 cm³/mol. The number of carboxylic acid groups (broad SMARTS) is 1. The molecule has 0 saturated carbocycles. The van der Waals surface area contributed by atoms with Crippen LogP contribution in [0.1, 0.15) is 60.9 Å². The molecule has 3 atom stereocenters. The number of aliphatic carboxylic acids is 1. The molecule has 3 aliphatic heterocycles. The molecule has 0 unspecified atom stereocenters. The summed E-state index contributed by atoms with van der Waals surface area (Å²) in [5.41, 5.74) is 1.76. The summed E-state index contributed by atoms with van der Waals surface area (Å²) in [6.45, 7) is 3.14. The normalized spacial score (nSPS) is 17.8. The summed E-state index contributed by atoms with van der Waals surface area (Å²) in [4.78, 5) is 145. The molecule has 4 heterocycles. The molecule has 0 radical (unpaired) electrons. The molecular formula is C61H81F2IN12O15. The zero-order valence-electron chi connectivity index (χ0n) is 51.0. The van der Waals surface area contributed by atoms with E-state index in [-0.39, 0.29) is 116 Å². The van der Waals surface area contributed by atoms with Gasteiger partial charge < -0.3 is 55.1 Å². The van der Waals surface area contributed by atoms with Gasteiger partial charge in [0.2, 0.25) is 29.5 Å². The van der Waals surface area contributed by atoms with E-state index >= 15 is 0 Å². The lowest BCUT2D eigenvalue weighted by atomic mass is 10.1. The van der Waals surface area contributed by atoms with Gasteiger partial charge in [-0.25, -0.2) is 8.78 Å². The molecule has 496 valence electrons. The summed E-state index contributed by atoms with van der Waals surface area (Å²) in [5, 5.41) is 21.1. The maximum Gasteiger partial charge on any atom is 0.317 e. The van der Waals surface area contributed by atoms with Crippen LogP contribution in [0.2, 0.25) is 0 Å². The van der Waals surface area contributed by atoms with Gasteiger partial charge in [-0.3, -0.25) is 77.4 Å². The van der Waals surface area contributed by atoms with Crippen molar-refractivity contribution in [1.29, 1.82) is 0 Å². The van der Waals surface area contributed by atoms with Crippen LogP contribution in [0.25, 0.3) is 10.9 Å². The van der Waals surface area contributed by atoms with Crippen LogP contribution in [0, 0.1) is 15.9 Å². The highest BCUT2D eigenvalue weighted by Gasteiger charge is 2.46. The van der Waals surface area contributed by atoms with E-state index in [1.165, 1.54) is 12.3 Å². The van der Waals surface area contributed by atoms with Crippen molar-refractivity contribution < 1.29 is 80.8 Å². The van der Waals surface area contributed by atoms with E-state index < -0.39 is 91.5 Å². The Labute approximate surface area is 540 Å². The van der Waals surface area contributed by atoms with E-state index in [0.29, 0.717) is 88.1 Å². The van der Waals surface area contributed by atoms with Crippen LogP contribution in [-0.4, -0.2) is 274 Å². The van der Waals surface area contributed by atoms with Gasteiger partial charge in [0, 0.05) is 120 Å². The van der Waals surface area contributed by atoms with Crippen LogP contribution in [0.4, 0.5) is 8.78 Å². The van der Waals surface area contributed by atoms with Gasteiger partial charge in [0.1, 0.15) is 31.3 Å². The third-order valence-corrected chi connectivity index (χ3v) is 16.4. The van der Waals surface area contributed by atoms with E-state index in [0.717, 1.165) is 21.1 Å². The van der Waals surface area contributed by atoms with Crippen LogP contribution in [0.15, 0.2) is 54.7 Å². The first-order valence-electron chi connectivity index (χ1n) is 30.1. The van der Waals surface area contributed by atoms with E-state index in [1.54, 1.807) is 32.9 Å². The molecule has 3 saturated heterocycles. The zero-order valence-corrected chi connectivity index (χ0v) is 53.2. The summed E-state index contributed by atoms with van der Waals surface area (Å²) < 4.78 is 50.2. The number of amides is 6. The van der Waals surface area contributed by atoms with Gasteiger partial charge in [0.25, 0.3) is 24.8 Å². The number of hydrogen-bond acceptors (Lipinski definition) is 20. The maximum atomic E-state index is 14.5. The molecule has 0 aliphatic carbocycles. The first-order valence-corrected chi connectivity index (χ1v) is 31.2. The van der Waals surface area contributed by atoms with Crippen molar-refractivity contribution in [1.82, 2.24) is 60.6 Å². The number of carboxylic acids is 1. The number of nitrogens with zero attached hydrogens (tertiary/aromatic N) is 8. The number of halogens is 3. The minimum absolute atomic E-state index is 0.0119. The fourth-order valence-electron chi connectivity index (χ4n) is 10.7. The molecule has 3 fully saturated rings. The first kappa shape index (κ1) is 72.4. The monoisotopic (exact) mass is 1390 g/mol. The molecule has 5 N–H and O–H groups in total. The van der Waals surface area contributed by atoms with E-state index in [9.17, 15) is 61.8 Å². The summed E-state index contributed by atoms with van der Waals surface area (Å²) in [6, 6.07) is 10.8. The van der Waals surface area contributed by atoms with Crippen LogP contribution >= 0.6 is 22.6 Å². The highest BCUT2D eigenvalue weighted by molar-refractivity contribution is 14.1. The Morgan fingerprint density at radius 2 is 1.42 bits per heavy atom. The van der Waals surface area contributed by atoms with Crippen molar-refractivity contribution in [3.63, 3.8) is 0 Å². The number of hydrogen-bond donors (Lipinski definition) is 5. The molecule has 1 aromatic heterocycles. The highest BCUT2D eigenvalue weighted by atomic mass is 127. The van der Waals surface area contributed by atoms with Gasteiger partial charge in [-0.15, -0.1) is 6.42 Å². The second-order valence-corrected chi connectivity index (χ2v) is 23.5. The molecule has 6 amide bonds. The SMILES string of the molecule is C#C[C@H]1CC(F)(F)CN1C(=O)CNC(=O)c1ccnc2ccc(OCCCN3CCN(C(=O)[C@H](CC(=O)OC)NC(=O)[C@H](CCCNC(=O)CCCc4ccc(I)cc4)NC(=O)CN4CCN(COC=O)CCN(COC=O)CCN(CC(=O)O)CC4)CC3)cc12. The summed E-state index contributed by atoms with van der Waals surface area (Å²) in [6.07, 6.45) is 8.02. The average Bonchev–Trinajstić information content (AvgIpc) is 1.90. The lowest BCUT2D eigenvalue weighted by molar-refractivity contribution is -0.147. The number of nitrogens with one attached hydrogen (secondary N) is 4. The lowest BCUT2D eigenvalue weighted by Gasteiger charge is -2.36. The number of benzene rings is 2. The van der Waals surface area contributed by atoms with E-state index in [2.05, 4.69) is 59.7 Å². The maximum absolute atomic E-state index is 14.5. The number of terminal acetylenes is 1. The molecule has 91 heavy (non-hydrogen) atoms. The topological polar surface area (TPSA) is 312 Å². The second kappa shape index (κ2) is 37.6. The number of rotatable bonds is 32. The standard InChI is InChI=1S/C61H81F2IN12O15/c1-3-46-35-61(62,63)39-76(46)55(81)36-67-58(85)48-16-18-65-50-15-14-47(33-49(48)50)91-32-6-19-70-28-30-75(31-29-70)60(87)52(34-57(84)88-2)69-59(86)51(8-5-17-66-53(79)9-4-7-44-10-12-45(64)13-11-44)68-54(80)37-71-20-21-72(38-56(82)83)23-25-74(41-90-43-78)27-26-73(24-22-71)40-89-42-77/h1,10-16,18,33,42-43,46,51-52H,4-9,17,19-32,34-41H2,2H3,(H,66,79)(H,67,85)(H,68,80)(H,69,86)(H,82,83)/t46-,51-,52-/m0/s1. The summed E-state index contributed by atoms with van der Waals surface area (Å²) >= 11 is 2.23. The van der Waals surface area contributed by atoms with Gasteiger partial charge >= 0.3 is 11.9 Å². The Morgan fingerprint density at radius 3 is 2.04 bits per heavy atom. The number of esters is 1. The fourth-order valence-corrected chi connectivity index (χ4v) is 11.0. The number of methoxy groups -OCH3 is 1. The minimum atomic E-state index is -3.13. The molecule has 0 spiro atoms. The molecule has 6 rings (SSSR count). The lowest BCUT2D eigenvalue weighted by Crippen LogP contribution is -2.58. The van der Waals surface area contributed by atoms with Crippen molar-refractivity contribution in [3.05, 3.63) is 69.4 Å². The average molecular weight is 1390 g/mol. The molecule has 30 heteroatoms. The third kappa shape index (κ3) is 24.8. The van der Waals surface area contributed by atoms with Gasteiger partial charge in [-0.2, -0.15) is 0 Å². The number of ether oxygens (including phenoxy) is 4. The van der Waals surface area contributed by atoms with Crippen LogP contribution in [0.5, 0.6) is 5.75 Å². The number of likely N-dealkylation sites (tertiary alicyclic amines) is 1. The Morgan fingerprint density at radius 1 is 0.780 bits per heavy atom. The molecule has 3 aromatic rings. The molecular weight excluding hydrogens is 1310 g/mol. The number of carbonyl (C=O) groups is 10.